The van der Waals surface area contributed by atoms with Gasteiger partial charge in [0.2, 0.25) is 0 Å². The molecule has 0 saturated carbocycles. The van der Waals surface area contributed by atoms with Crippen molar-refractivity contribution in [3.05, 3.63) is 46.6 Å². The Morgan fingerprint density at radius 1 is 1.32 bits per heavy atom. The van der Waals surface area contributed by atoms with Crippen LogP contribution in [0.25, 0.3) is 0 Å². The van der Waals surface area contributed by atoms with Crippen molar-refractivity contribution in [3.8, 4) is 0 Å². The number of nitrogens with one attached hydrogen (secondary N) is 1. The Kier molecular flexibility index (Phi) is 3.05. The molecular weight excluding hydrogens is 234 g/mol. The maximum Gasteiger partial charge on any atom is 0.128 e. The molecule has 0 spiro atoms. The van der Waals surface area contributed by atoms with Crippen LogP contribution in [-0.2, 0) is 6.42 Å². The predicted molar refractivity (Wildman–Crippen MR) is 78.8 cm³/mol. The Balaban J connectivity index is 2.11. The quantitative estimate of drug-likeness (QED) is 0.890. The van der Waals surface area contributed by atoms with E-state index in [0.717, 1.165) is 19.4 Å². The van der Waals surface area contributed by atoms with Crippen molar-refractivity contribution >= 4 is 5.82 Å². The summed E-state index contributed by atoms with van der Waals surface area (Å²) in [5.74, 6) is 1.20. The van der Waals surface area contributed by atoms with Gasteiger partial charge in [0, 0.05) is 12.1 Å². The van der Waals surface area contributed by atoms with Crippen LogP contribution in [0.4, 0.5) is 5.82 Å². The van der Waals surface area contributed by atoms with Crippen LogP contribution in [0.2, 0.25) is 0 Å². The number of fused-ring (bicyclic) bond motifs is 1. The first-order chi connectivity index (χ1) is 9.22. The summed E-state index contributed by atoms with van der Waals surface area (Å²) in [6, 6.07) is 9.02. The lowest BCUT2D eigenvalue weighted by atomic mass is 9.98. The molecule has 1 aliphatic rings. The van der Waals surface area contributed by atoms with E-state index in [2.05, 4.69) is 55.0 Å². The average molecular weight is 255 g/mol. The largest absolute Gasteiger partial charge is 0.370 e. The van der Waals surface area contributed by atoms with E-state index in [-0.39, 0.29) is 0 Å². The molecule has 1 aromatic carbocycles. The third kappa shape index (κ3) is 1.93. The highest BCUT2D eigenvalue weighted by molar-refractivity contribution is 5.50. The Bertz CT molecular complexity index is 598. The lowest BCUT2D eigenvalue weighted by Crippen LogP contribution is -2.25. The average Bonchev–Trinajstić information content (AvgIpc) is 2.76. The second-order valence-corrected chi connectivity index (χ2v) is 5.31. The number of aryl methyl sites for hydroxylation is 2. The van der Waals surface area contributed by atoms with E-state index >= 15 is 0 Å². The minimum atomic E-state index is 0.372. The third-order valence-electron chi connectivity index (χ3n) is 4.13. The zero-order valence-corrected chi connectivity index (χ0v) is 11.9. The summed E-state index contributed by atoms with van der Waals surface area (Å²) in [5.41, 5.74) is 5.27. The number of aromatic nitrogens is 2. The highest BCUT2D eigenvalue weighted by Gasteiger charge is 2.26. The standard InChI is InChI=1S/C16H21N3/c1-4-14-12(3)16-17-10-9-15(19(16)18-14)13-8-6-5-7-11(13)2/h5-8,15,17H,4,9-10H2,1-3H3. The molecular formula is C16H21N3. The first kappa shape index (κ1) is 12.3. The molecule has 2 aromatic rings. The predicted octanol–water partition coefficient (Wildman–Crippen LogP) is 3.47. The molecule has 100 valence electrons. The van der Waals surface area contributed by atoms with Gasteiger partial charge in [-0.2, -0.15) is 5.10 Å². The van der Waals surface area contributed by atoms with Gasteiger partial charge in [-0.25, -0.2) is 4.68 Å². The fourth-order valence-electron chi connectivity index (χ4n) is 3.04. The first-order valence-corrected chi connectivity index (χ1v) is 7.09. The van der Waals surface area contributed by atoms with Gasteiger partial charge in [-0.05, 0) is 37.8 Å². The molecule has 0 radical (unpaired) electrons. The summed E-state index contributed by atoms with van der Waals surface area (Å²) < 4.78 is 2.19. The summed E-state index contributed by atoms with van der Waals surface area (Å²) in [5, 5.41) is 8.33. The Labute approximate surface area is 114 Å². The Hall–Kier alpha value is -1.77. The van der Waals surface area contributed by atoms with Gasteiger partial charge in [-0.1, -0.05) is 31.2 Å². The van der Waals surface area contributed by atoms with Gasteiger partial charge >= 0.3 is 0 Å². The smallest absolute Gasteiger partial charge is 0.128 e. The second kappa shape index (κ2) is 4.72. The molecule has 0 fully saturated rings. The SMILES string of the molecule is CCc1nn2c(c1C)NCCC2c1ccccc1C. The van der Waals surface area contributed by atoms with Crippen molar-refractivity contribution in [2.24, 2.45) is 0 Å². The summed E-state index contributed by atoms with van der Waals surface area (Å²) in [4.78, 5) is 0. The van der Waals surface area contributed by atoms with Crippen molar-refractivity contribution in [2.45, 2.75) is 39.7 Å². The van der Waals surface area contributed by atoms with E-state index in [1.807, 2.05) is 0 Å². The van der Waals surface area contributed by atoms with Crippen molar-refractivity contribution < 1.29 is 0 Å². The zero-order chi connectivity index (χ0) is 13.4. The van der Waals surface area contributed by atoms with Gasteiger partial charge in [0.15, 0.2) is 0 Å². The van der Waals surface area contributed by atoms with Gasteiger partial charge in [0.25, 0.3) is 0 Å². The van der Waals surface area contributed by atoms with E-state index < -0.39 is 0 Å². The third-order valence-corrected chi connectivity index (χ3v) is 4.13. The minimum absolute atomic E-state index is 0.372. The van der Waals surface area contributed by atoms with Gasteiger partial charge in [0.05, 0.1) is 11.7 Å². The zero-order valence-electron chi connectivity index (χ0n) is 11.9. The van der Waals surface area contributed by atoms with Crippen LogP contribution in [0.1, 0.15) is 41.8 Å². The van der Waals surface area contributed by atoms with Crippen LogP contribution < -0.4 is 5.32 Å². The summed E-state index contributed by atoms with van der Waals surface area (Å²) in [7, 11) is 0. The summed E-state index contributed by atoms with van der Waals surface area (Å²) in [6.07, 6.45) is 2.09. The summed E-state index contributed by atoms with van der Waals surface area (Å²) >= 11 is 0. The van der Waals surface area contributed by atoms with Crippen molar-refractivity contribution in [1.29, 1.82) is 0 Å². The topological polar surface area (TPSA) is 29.9 Å². The lowest BCUT2D eigenvalue weighted by Gasteiger charge is -2.27. The molecule has 0 saturated heterocycles. The lowest BCUT2D eigenvalue weighted by molar-refractivity contribution is 0.476. The van der Waals surface area contributed by atoms with E-state index in [1.54, 1.807) is 0 Å². The minimum Gasteiger partial charge on any atom is -0.370 e. The number of hydrogen-bond acceptors (Lipinski definition) is 2. The van der Waals surface area contributed by atoms with E-state index in [0.29, 0.717) is 6.04 Å². The number of anilines is 1. The highest BCUT2D eigenvalue weighted by atomic mass is 15.4. The summed E-state index contributed by atoms with van der Waals surface area (Å²) in [6.45, 7) is 7.55. The van der Waals surface area contributed by atoms with Crippen LogP contribution in [0.3, 0.4) is 0 Å². The number of rotatable bonds is 2. The normalized spacial score (nSPS) is 17.9. The van der Waals surface area contributed by atoms with Crippen LogP contribution in [0, 0.1) is 13.8 Å². The Morgan fingerprint density at radius 2 is 2.11 bits per heavy atom. The molecule has 1 atom stereocenters. The monoisotopic (exact) mass is 255 g/mol. The second-order valence-electron chi connectivity index (χ2n) is 5.31. The molecule has 3 rings (SSSR count). The molecule has 19 heavy (non-hydrogen) atoms. The number of hydrogen-bond donors (Lipinski definition) is 1. The Morgan fingerprint density at radius 3 is 2.84 bits per heavy atom. The van der Waals surface area contributed by atoms with Gasteiger partial charge in [-0.15, -0.1) is 0 Å². The number of nitrogens with zero attached hydrogens (tertiary/aromatic N) is 2. The molecule has 2 heterocycles. The van der Waals surface area contributed by atoms with Crippen LogP contribution in [0.5, 0.6) is 0 Å². The number of benzene rings is 1. The van der Waals surface area contributed by atoms with Gasteiger partial charge < -0.3 is 5.32 Å². The van der Waals surface area contributed by atoms with Crippen molar-refractivity contribution in [2.75, 3.05) is 11.9 Å². The fourth-order valence-corrected chi connectivity index (χ4v) is 3.04. The van der Waals surface area contributed by atoms with Crippen LogP contribution in [0.15, 0.2) is 24.3 Å². The van der Waals surface area contributed by atoms with Crippen molar-refractivity contribution in [3.63, 3.8) is 0 Å². The van der Waals surface area contributed by atoms with E-state index in [4.69, 9.17) is 5.10 Å². The van der Waals surface area contributed by atoms with E-state index in [1.165, 1.54) is 28.2 Å². The molecule has 1 unspecified atom stereocenters. The molecule has 0 bridgehead atoms. The first-order valence-electron chi connectivity index (χ1n) is 7.09. The molecule has 1 aromatic heterocycles. The maximum absolute atomic E-state index is 4.82. The van der Waals surface area contributed by atoms with Gasteiger partial charge in [0.1, 0.15) is 5.82 Å². The van der Waals surface area contributed by atoms with Crippen molar-refractivity contribution in [1.82, 2.24) is 9.78 Å². The maximum atomic E-state index is 4.82. The molecule has 3 nitrogen and oxygen atoms in total. The van der Waals surface area contributed by atoms with Crippen LogP contribution >= 0.6 is 0 Å². The highest BCUT2D eigenvalue weighted by Crippen LogP contribution is 2.33. The fraction of sp³-hybridized carbons (Fsp3) is 0.438. The molecule has 0 aliphatic carbocycles. The van der Waals surface area contributed by atoms with Gasteiger partial charge in [-0.3, -0.25) is 0 Å². The molecule has 1 aliphatic heterocycles. The van der Waals surface area contributed by atoms with E-state index in [9.17, 15) is 0 Å². The molecule has 3 heteroatoms. The molecule has 1 N–H and O–H groups in total. The van der Waals surface area contributed by atoms with Crippen LogP contribution in [-0.4, -0.2) is 16.3 Å². The molecule has 0 amide bonds.